The molecule has 0 aromatic rings. The minimum Gasteiger partial charge on any atom is -0.381 e. The molecule has 2 rings (SSSR count). The van der Waals surface area contributed by atoms with E-state index in [9.17, 15) is 13.2 Å². The first-order chi connectivity index (χ1) is 8.39. The van der Waals surface area contributed by atoms with Crippen LogP contribution in [0.3, 0.4) is 0 Å². The SMILES string of the molecule is NC1(CN2CC=C(C(F)(F)F)CC2)CCOCC1. The van der Waals surface area contributed by atoms with Crippen molar-refractivity contribution < 1.29 is 17.9 Å². The van der Waals surface area contributed by atoms with Crippen molar-refractivity contribution in [2.24, 2.45) is 5.73 Å². The number of nitrogens with two attached hydrogens (primary N) is 1. The molecule has 2 heterocycles. The average molecular weight is 264 g/mol. The normalized spacial score (nSPS) is 25.9. The zero-order valence-electron chi connectivity index (χ0n) is 10.3. The van der Waals surface area contributed by atoms with Gasteiger partial charge in [0.15, 0.2) is 0 Å². The van der Waals surface area contributed by atoms with E-state index >= 15 is 0 Å². The van der Waals surface area contributed by atoms with Crippen molar-refractivity contribution in [2.45, 2.75) is 31.0 Å². The third-order valence-corrected chi connectivity index (χ3v) is 3.68. The maximum absolute atomic E-state index is 12.5. The Hall–Kier alpha value is -0.590. The summed E-state index contributed by atoms with van der Waals surface area (Å²) in [6.45, 7) is 2.72. The number of alkyl halides is 3. The highest BCUT2D eigenvalue weighted by molar-refractivity contribution is 5.13. The average Bonchev–Trinajstić information content (AvgIpc) is 2.29. The highest BCUT2D eigenvalue weighted by atomic mass is 19.4. The quantitative estimate of drug-likeness (QED) is 0.771. The molecule has 0 atom stereocenters. The molecule has 6 heteroatoms. The van der Waals surface area contributed by atoms with Gasteiger partial charge >= 0.3 is 6.18 Å². The second-order valence-corrected chi connectivity index (χ2v) is 5.19. The first-order valence-corrected chi connectivity index (χ1v) is 6.24. The van der Waals surface area contributed by atoms with E-state index in [1.807, 2.05) is 4.90 Å². The lowest BCUT2D eigenvalue weighted by Crippen LogP contribution is -2.54. The van der Waals surface area contributed by atoms with Gasteiger partial charge in [0, 0.05) is 44.0 Å². The number of rotatable bonds is 2. The summed E-state index contributed by atoms with van der Waals surface area (Å²) in [6, 6.07) is 0. The lowest BCUT2D eigenvalue weighted by Gasteiger charge is -2.39. The van der Waals surface area contributed by atoms with E-state index in [0.717, 1.165) is 12.8 Å². The summed E-state index contributed by atoms with van der Waals surface area (Å²) in [7, 11) is 0. The predicted octanol–water partition coefficient (Wildman–Crippen LogP) is 1.69. The standard InChI is InChI=1S/C12H19F3N2O/c13-12(14,15)10-1-5-17(6-2-10)9-11(16)3-7-18-8-4-11/h1H,2-9,16H2. The third kappa shape index (κ3) is 3.46. The smallest absolute Gasteiger partial charge is 0.381 e. The van der Waals surface area contributed by atoms with Crippen LogP contribution in [0, 0.1) is 0 Å². The fourth-order valence-electron chi connectivity index (χ4n) is 2.49. The maximum atomic E-state index is 12.5. The van der Waals surface area contributed by atoms with Crippen LogP contribution in [0.1, 0.15) is 19.3 Å². The molecule has 0 aliphatic carbocycles. The van der Waals surface area contributed by atoms with Crippen molar-refractivity contribution in [3.63, 3.8) is 0 Å². The van der Waals surface area contributed by atoms with Gasteiger partial charge in [-0.3, -0.25) is 4.90 Å². The van der Waals surface area contributed by atoms with Crippen LogP contribution in [0.4, 0.5) is 13.2 Å². The second kappa shape index (κ2) is 5.19. The third-order valence-electron chi connectivity index (χ3n) is 3.68. The largest absolute Gasteiger partial charge is 0.412 e. The van der Waals surface area contributed by atoms with Gasteiger partial charge in [0.05, 0.1) is 0 Å². The minimum absolute atomic E-state index is 0.0656. The van der Waals surface area contributed by atoms with E-state index in [2.05, 4.69) is 0 Å². The van der Waals surface area contributed by atoms with Crippen molar-refractivity contribution in [1.29, 1.82) is 0 Å². The fraction of sp³-hybridized carbons (Fsp3) is 0.833. The Morgan fingerprint density at radius 2 is 2.00 bits per heavy atom. The van der Waals surface area contributed by atoms with Crippen LogP contribution >= 0.6 is 0 Å². The van der Waals surface area contributed by atoms with Gasteiger partial charge in [0.1, 0.15) is 0 Å². The van der Waals surface area contributed by atoms with Crippen molar-refractivity contribution >= 4 is 0 Å². The molecule has 2 aliphatic heterocycles. The van der Waals surface area contributed by atoms with Gasteiger partial charge in [0.25, 0.3) is 0 Å². The molecule has 0 amide bonds. The fourth-order valence-corrected chi connectivity index (χ4v) is 2.49. The molecule has 0 radical (unpaired) electrons. The van der Waals surface area contributed by atoms with E-state index in [1.54, 1.807) is 0 Å². The Morgan fingerprint density at radius 3 is 2.50 bits per heavy atom. The number of halogens is 3. The van der Waals surface area contributed by atoms with E-state index in [4.69, 9.17) is 10.5 Å². The van der Waals surface area contributed by atoms with Gasteiger partial charge in [-0.15, -0.1) is 0 Å². The monoisotopic (exact) mass is 264 g/mol. The molecular formula is C12H19F3N2O. The van der Waals surface area contributed by atoms with Crippen molar-refractivity contribution in [2.75, 3.05) is 32.8 Å². The molecule has 2 N–H and O–H groups in total. The lowest BCUT2D eigenvalue weighted by molar-refractivity contribution is -0.0962. The number of hydrogen-bond acceptors (Lipinski definition) is 3. The van der Waals surface area contributed by atoms with Crippen molar-refractivity contribution in [3.8, 4) is 0 Å². The minimum atomic E-state index is -4.18. The molecule has 0 spiro atoms. The van der Waals surface area contributed by atoms with Gasteiger partial charge in [-0.2, -0.15) is 13.2 Å². The molecule has 2 aliphatic rings. The Balaban J connectivity index is 1.88. The molecule has 0 aromatic heterocycles. The Kier molecular flexibility index (Phi) is 3.99. The van der Waals surface area contributed by atoms with Crippen molar-refractivity contribution in [3.05, 3.63) is 11.6 Å². The van der Waals surface area contributed by atoms with Gasteiger partial charge < -0.3 is 10.5 Å². The summed E-state index contributed by atoms with van der Waals surface area (Å²) in [4.78, 5) is 2.00. The van der Waals surface area contributed by atoms with Crippen LogP contribution in [0.25, 0.3) is 0 Å². The van der Waals surface area contributed by atoms with Crippen LogP contribution < -0.4 is 5.73 Å². The molecule has 1 fully saturated rings. The van der Waals surface area contributed by atoms with Crippen LogP contribution in [-0.2, 0) is 4.74 Å². The summed E-state index contributed by atoms with van der Waals surface area (Å²) in [5.74, 6) is 0. The van der Waals surface area contributed by atoms with Gasteiger partial charge in [0.2, 0.25) is 0 Å². The Labute approximate surface area is 105 Å². The highest BCUT2D eigenvalue weighted by Gasteiger charge is 2.36. The van der Waals surface area contributed by atoms with Crippen LogP contribution in [0.15, 0.2) is 11.6 Å². The van der Waals surface area contributed by atoms with E-state index < -0.39 is 11.7 Å². The first kappa shape index (κ1) is 13.8. The number of hydrogen-bond donors (Lipinski definition) is 1. The molecule has 104 valence electrons. The van der Waals surface area contributed by atoms with Crippen LogP contribution in [0.5, 0.6) is 0 Å². The van der Waals surface area contributed by atoms with Gasteiger partial charge in [-0.1, -0.05) is 6.08 Å². The van der Waals surface area contributed by atoms with Crippen molar-refractivity contribution in [1.82, 2.24) is 4.90 Å². The molecular weight excluding hydrogens is 245 g/mol. The molecule has 1 saturated heterocycles. The summed E-state index contributed by atoms with van der Waals surface area (Å²) >= 11 is 0. The van der Waals surface area contributed by atoms with Gasteiger partial charge in [-0.25, -0.2) is 0 Å². The summed E-state index contributed by atoms with van der Waals surface area (Å²) in [6.07, 6.45) is -1.27. The number of ether oxygens (including phenoxy) is 1. The lowest BCUT2D eigenvalue weighted by atomic mass is 9.90. The summed E-state index contributed by atoms with van der Waals surface area (Å²) in [5.41, 5.74) is 5.54. The molecule has 18 heavy (non-hydrogen) atoms. The van der Waals surface area contributed by atoms with Crippen LogP contribution in [0.2, 0.25) is 0 Å². The van der Waals surface area contributed by atoms with E-state index in [-0.39, 0.29) is 12.0 Å². The molecule has 0 aromatic carbocycles. The first-order valence-electron chi connectivity index (χ1n) is 6.24. The molecule has 3 nitrogen and oxygen atoms in total. The molecule has 0 unspecified atom stereocenters. The molecule has 0 bridgehead atoms. The molecule has 0 saturated carbocycles. The summed E-state index contributed by atoms with van der Waals surface area (Å²) in [5, 5.41) is 0. The topological polar surface area (TPSA) is 38.5 Å². The summed E-state index contributed by atoms with van der Waals surface area (Å²) < 4.78 is 42.7. The van der Waals surface area contributed by atoms with E-state index in [1.165, 1.54) is 6.08 Å². The zero-order chi connectivity index (χ0) is 13.2. The second-order valence-electron chi connectivity index (χ2n) is 5.19. The Bertz CT molecular complexity index is 322. The zero-order valence-corrected chi connectivity index (χ0v) is 10.3. The Morgan fingerprint density at radius 1 is 1.33 bits per heavy atom. The van der Waals surface area contributed by atoms with Gasteiger partial charge in [-0.05, 0) is 19.3 Å². The predicted molar refractivity (Wildman–Crippen MR) is 62.2 cm³/mol. The van der Waals surface area contributed by atoms with E-state index in [0.29, 0.717) is 32.8 Å². The maximum Gasteiger partial charge on any atom is 0.412 e. The number of nitrogens with zero attached hydrogens (tertiary/aromatic N) is 1. The van der Waals surface area contributed by atoms with Crippen LogP contribution in [-0.4, -0.2) is 49.5 Å². The highest BCUT2D eigenvalue weighted by Crippen LogP contribution is 2.30.